The number of benzene rings is 1. The van der Waals surface area contributed by atoms with Crippen LogP contribution in [0.1, 0.15) is 16.1 Å². The number of nitrogens with zero attached hydrogens (tertiary/aromatic N) is 2. The van der Waals surface area contributed by atoms with E-state index in [1.807, 2.05) is 5.38 Å². The van der Waals surface area contributed by atoms with Gasteiger partial charge in [0.15, 0.2) is 6.61 Å². The summed E-state index contributed by atoms with van der Waals surface area (Å²) in [5.74, 6) is -0.544. The molecule has 1 aromatic carbocycles. The third-order valence-electron chi connectivity index (χ3n) is 3.44. The largest absolute Gasteiger partial charge is 0.485 e. The molecular formula is C18H13ClF3N3O3S. The van der Waals surface area contributed by atoms with Crippen LogP contribution in [0.25, 0.3) is 0 Å². The minimum absolute atomic E-state index is 0.0451. The number of hydrogen-bond acceptors (Lipinski definition) is 6. The van der Waals surface area contributed by atoms with E-state index in [1.54, 1.807) is 29.8 Å². The quantitative estimate of drug-likeness (QED) is 0.558. The molecule has 2 aromatic heterocycles. The van der Waals surface area contributed by atoms with Crippen molar-refractivity contribution < 1.29 is 27.4 Å². The van der Waals surface area contributed by atoms with E-state index in [0.29, 0.717) is 11.4 Å². The van der Waals surface area contributed by atoms with Crippen molar-refractivity contribution in [3.05, 3.63) is 63.7 Å². The number of ether oxygens (including phenoxy) is 2. The minimum Gasteiger partial charge on any atom is -0.485 e. The second-order valence-corrected chi connectivity index (χ2v) is 6.76. The predicted octanol–water partition coefficient (Wildman–Crippen LogP) is 4.96. The van der Waals surface area contributed by atoms with E-state index in [9.17, 15) is 18.0 Å². The van der Waals surface area contributed by atoms with Crippen LogP contribution in [0.5, 0.6) is 11.6 Å². The van der Waals surface area contributed by atoms with Gasteiger partial charge in [-0.05, 0) is 18.2 Å². The number of carbonyl (C=O) groups excluding carboxylic acids is 1. The summed E-state index contributed by atoms with van der Waals surface area (Å²) in [6.45, 7) is -1.30. The summed E-state index contributed by atoms with van der Waals surface area (Å²) in [6.07, 6.45) is -3.45. The van der Waals surface area contributed by atoms with Gasteiger partial charge in [0.2, 0.25) is 5.88 Å². The molecule has 2 heterocycles. The monoisotopic (exact) mass is 443 g/mol. The van der Waals surface area contributed by atoms with Gasteiger partial charge in [-0.15, -0.1) is 11.3 Å². The van der Waals surface area contributed by atoms with Crippen LogP contribution >= 0.6 is 22.9 Å². The van der Waals surface area contributed by atoms with E-state index >= 15 is 0 Å². The van der Waals surface area contributed by atoms with Crippen LogP contribution in [0, 0.1) is 0 Å². The maximum atomic E-state index is 12.5. The number of nitrogens with one attached hydrogen (secondary N) is 1. The van der Waals surface area contributed by atoms with Crippen LogP contribution in [-0.2, 0) is 6.61 Å². The molecule has 3 aromatic rings. The SMILES string of the molecule is O=C(Nc1ccccc1OCc1cscn1)c1cnc(OCC(F)(F)F)c(Cl)c1. The molecule has 0 fully saturated rings. The van der Waals surface area contributed by atoms with Gasteiger partial charge in [0.1, 0.15) is 17.4 Å². The first-order chi connectivity index (χ1) is 13.8. The molecule has 0 bridgehead atoms. The Morgan fingerprint density at radius 2 is 2.00 bits per heavy atom. The second-order valence-electron chi connectivity index (χ2n) is 5.63. The molecule has 6 nitrogen and oxygen atoms in total. The molecule has 11 heteroatoms. The molecule has 0 unspecified atom stereocenters. The number of hydrogen-bond donors (Lipinski definition) is 1. The Kier molecular flexibility index (Phi) is 6.55. The van der Waals surface area contributed by atoms with Crippen molar-refractivity contribution in [1.82, 2.24) is 9.97 Å². The molecule has 0 saturated carbocycles. The maximum absolute atomic E-state index is 12.5. The molecule has 0 saturated heterocycles. The zero-order valence-corrected chi connectivity index (χ0v) is 16.1. The number of halogens is 4. The van der Waals surface area contributed by atoms with Gasteiger partial charge in [-0.25, -0.2) is 9.97 Å². The average Bonchev–Trinajstić information content (AvgIpc) is 3.19. The van der Waals surface area contributed by atoms with Gasteiger partial charge in [0.05, 0.1) is 22.5 Å². The van der Waals surface area contributed by atoms with Gasteiger partial charge in [0.25, 0.3) is 5.91 Å². The summed E-state index contributed by atoms with van der Waals surface area (Å²) in [5.41, 5.74) is 2.89. The third kappa shape index (κ3) is 6.06. The summed E-state index contributed by atoms with van der Waals surface area (Å²) in [7, 11) is 0. The van der Waals surface area contributed by atoms with Crippen LogP contribution < -0.4 is 14.8 Å². The maximum Gasteiger partial charge on any atom is 0.422 e. The highest BCUT2D eigenvalue weighted by molar-refractivity contribution is 7.07. The highest BCUT2D eigenvalue weighted by Crippen LogP contribution is 2.28. The van der Waals surface area contributed by atoms with E-state index in [4.69, 9.17) is 16.3 Å². The standard InChI is InChI=1S/C18H13ClF3N3O3S/c19-13-5-11(6-23-17(13)28-9-18(20,21)22)16(26)25-14-3-1-2-4-15(14)27-7-12-8-29-10-24-12/h1-6,8,10H,7,9H2,(H,25,26). The summed E-state index contributed by atoms with van der Waals surface area (Å²) in [5, 5.41) is 4.29. The topological polar surface area (TPSA) is 73.3 Å². The normalized spacial score (nSPS) is 11.2. The van der Waals surface area contributed by atoms with Crippen molar-refractivity contribution in [2.75, 3.05) is 11.9 Å². The fraction of sp³-hybridized carbons (Fsp3) is 0.167. The highest BCUT2D eigenvalue weighted by Gasteiger charge is 2.29. The van der Waals surface area contributed by atoms with Crippen molar-refractivity contribution in [3.63, 3.8) is 0 Å². The molecule has 152 valence electrons. The van der Waals surface area contributed by atoms with Crippen LogP contribution in [-0.4, -0.2) is 28.7 Å². The van der Waals surface area contributed by atoms with Gasteiger partial charge < -0.3 is 14.8 Å². The molecule has 0 aliphatic carbocycles. The number of anilines is 1. The van der Waals surface area contributed by atoms with Gasteiger partial charge in [-0.1, -0.05) is 23.7 Å². The van der Waals surface area contributed by atoms with Crippen molar-refractivity contribution in [2.45, 2.75) is 12.8 Å². The zero-order valence-electron chi connectivity index (χ0n) is 14.6. The zero-order chi connectivity index (χ0) is 20.9. The minimum atomic E-state index is -4.52. The lowest BCUT2D eigenvalue weighted by Crippen LogP contribution is -2.20. The van der Waals surface area contributed by atoms with Crippen LogP contribution in [0.3, 0.4) is 0 Å². The number of alkyl halides is 3. The lowest BCUT2D eigenvalue weighted by atomic mass is 10.2. The third-order valence-corrected chi connectivity index (χ3v) is 4.34. The number of aromatic nitrogens is 2. The van der Waals surface area contributed by atoms with Crippen LogP contribution in [0.15, 0.2) is 47.4 Å². The summed E-state index contributed by atoms with van der Waals surface area (Å²) >= 11 is 7.32. The lowest BCUT2D eigenvalue weighted by Gasteiger charge is -2.13. The molecule has 0 atom stereocenters. The molecular weight excluding hydrogens is 431 g/mol. The predicted molar refractivity (Wildman–Crippen MR) is 102 cm³/mol. The summed E-state index contributed by atoms with van der Waals surface area (Å²) < 4.78 is 46.9. The first-order valence-corrected chi connectivity index (χ1v) is 9.39. The summed E-state index contributed by atoms with van der Waals surface area (Å²) in [4.78, 5) is 20.3. The summed E-state index contributed by atoms with van der Waals surface area (Å²) in [6, 6.07) is 7.96. The molecule has 0 spiro atoms. The first kappa shape index (κ1) is 20.9. The number of amides is 1. The smallest absolute Gasteiger partial charge is 0.422 e. The fourth-order valence-corrected chi connectivity index (χ4v) is 2.92. The number of pyridine rings is 1. The van der Waals surface area contributed by atoms with Gasteiger partial charge in [-0.2, -0.15) is 13.2 Å². The Morgan fingerprint density at radius 1 is 1.21 bits per heavy atom. The molecule has 0 aliphatic rings. The fourth-order valence-electron chi connectivity index (χ4n) is 2.16. The van der Waals surface area contributed by atoms with Crippen molar-refractivity contribution in [1.29, 1.82) is 0 Å². The Hall–Kier alpha value is -2.85. The van der Waals surface area contributed by atoms with E-state index in [2.05, 4.69) is 20.0 Å². The number of para-hydroxylation sites is 2. The second kappa shape index (κ2) is 9.10. The van der Waals surface area contributed by atoms with Crippen molar-refractivity contribution in [3.8, 4) is 11.6 Å². The first-order valence-electron chi connectivity index (χ1n) is 8.07. The number of thiazole rings is 1. The molecule has 1 amide bonds. The van der Waals surface area contributed by atoms with E-state index in [1.165, 1.54) is 17.4 Å². The number of rotatable bonds is 7. The van der Waals surface area contributed by atoms with Crippen molar-refractivity contribution >= 4 is 34.5 Å². The number of carbonyl (C=O) groups is 1. The highest BCUT2D eigenvalue weighted by atomic mass is 35.5. The van der Waals surface area contributed by atoms with Crippen LogP contribution in [0.4, 0.5) is 18.9 Å². The lowest BCUT2D eigenvalue weighted by molar-refractivity contribution is -0.154. The Bertz CT molecular complexity index is 984. The van der Waals surface area contributed by atoms with Gasteiger partial charge >= 0.3 is 6.18 Å². The van der Waals surface area contributed by atoms with E-state index in [-0.39, 0.29) is 17.2 Å². The van der Waals surface area contributed by atoms with E-state index in [0.717, 1.165) is 11.9 Å². The van der Waals surface area contributed by atoms with Gasteiger partial charge in [-0.3, -0.25) is 4.79 Å². The molecule has 0 aliphatic heterocycles. The van der Waals surface area contributed by atoms with Crippen LogP contribution in [0.2, 0.25) is 5.02 Å². The average molecular weight is 444 g/mol. The Balaban J connectivity index is 1.68. The molecule has 29 heavy (non-hydrogen) atoms. The van der Waals surface area contributed by atoms with Gasteiger partial charge in [0, 0.05) is 11.6 Å². The molecule has 1 N–H and O–H groups in total. The molecule has 0 radical (unpaired) electrons. The van der Waals surface area contributed by atoms with Crippen molar-refractivity contribution in [2.24, 2.45) is 0 Å². The Labute approximate surface area is 172 Å². The molecule has 3 rings (SSSR count). The van der Waals surface area contributed by atoms with E-state index < -0.39 is 24.6 Å². The Morgan fingerprint density at radius 3 is 2.69 bits per heavy atom.